The minimum atomic E-state index is -0.292. The van der Waals surface area contributed by atoms with Crippen molar-refractivity contribution in [3.05, 3.63) is 70.3 Å². The fraction of sp³-hybridized carbons (Fsp3) is 0.357. The highest BCUT2D eigenvalue weighted by atomic mass is 35.5. The topological polar surface area (TPSA) is 102 Å². The number of hydrogen-bond donors (Lipinski definition) is 2. The molecule has 6 rings (SSSR count). The first-order chi connectivity index (χ1) is 17.9. The summed E-state index contributed by atoms with van der Waals surface area (Å²) in [6, 6.07) is 13.9. The highest BCUT2D eigenvalue weighted by Crippen LogP contribution is 2.49. The molecule has 0 unspecified atom stereocenters. The lowest BCUT2D eigenvalue weighted by Crippen LogP contribution is -2.39. The number of amides is 1. The lowest BCUT2D eigenvalue weighted by molar-refractivity contribution is 0.0692. The quantitative estimate of drug-likeness (QED) is 0.345. The van der Waals surface area contributed by atoms with Crippen molar-refractivity contribution in [3.8, 4) is 11.1 Å². The zero-order valence-electron chi connectivity index (χ0n) is 20.8. The highest BCUT2D eigenvalue weighted by molar-refractivity contribution is 6.30. The second-order valence-electron chi connectivity index (χ2n) is 9.90. The van der Waals surface area contributed by atoms with E-state index in [4.69, 9.17) is 25.8 Å². The average Bonchev–Trinajstić information content (AvgIpc) is 3.61. The summed E-state index contributed by atoms with van der Waals surface area (Å²) in [7, 11) is 0. The second kappa shape index (κ2) is 9.43. The molecule has 0 spiro atoms. The van der Waals surface area contributed by atoms with Gasteiger partial charge in [-0.1, -0.05) is 35.0 Å². The van der Waals surface area contributed by atoms with Gasteiger partial charge in [-0.3, -0.25) is 4.79 Å². The molecule has 4 aromatic rings. The second-order valence-corrected chi connectivity index (χ2v) is 10.3. The van der Waals surface area contributed by atoms with Crippen LogP contribution in [-0.2, 0) is 10.3 Å². The SMILES string of the molecule is Cc1noc(C)c1-c1ccc2nc(C(=O)NC3CCOCC3)nc(NC3(c4cccc(Cl)c4)CC3)c2c1. The van der Waals surface area contributed by atoms with Crippen molar-refractivity contribution in [2.24, 2.45) is 0 Å². The maximum Gasteiger partial charge on any atom is 0.289 e. The van der Waals surface area contributed by atoms with Gasteiger partial charge in [-0.15, -0.1) is 0 Å². The van der Waals surface area contributed by atoms with Crippen LogP contribution in [0.5, 0.6) is 0 Å². The fourth-order valence-corrected chi connectivity index (χ4v) is 5.28. The molecule has 1 aliphatic heterocycles. The molecule has 9 heteroatoms. The molecule has 2 aliphatic rings. The van der Waals surface area contributed by atoms with E-state index < -0.39 is 0 Å². The van der Waals surface area contributed by atoms with Gasteiger partial charge in [0, 0.05) is 35.2 Å². The first kappa shape index (κ1) is 23.9. The first-order valence-corrected chi connectivity index (χ1v) is 13.0. The van der Waals surface area contributed by atoms with Crippen molar-refractivity contribution >= 4 is 34.2 Å². The third-order valence-electron chi connectivity index (χ3n) is 7.26. The van der Waals surface area contributed by atoms with Gasteiger partial charge in [0.1, 0.15) is 11.6 Å². The van der Waals surface area contributed by atoms with Crippen LogP contribution in [0.3, 0.4) is 0 Å². The van der Waals surface area contributed by atoms with Gasteiger partial charge >= 0.3 is 0 Å². The number of rotatable bonds is 6. The Morgan fingerprint density at radius 3 is 2.59 bits per heavy atom. The number of nitrogens with zero attached hydrogens (tertiary/aromatic N) is 3. The average molecular weight is 518 g/mol. The Morgan fingerprint density at radius 2 is 1.89 bits per heavy atom. The molecule has 1 aliphatic carbocycles. The van der Waals surface area contributed by atoms with E-state index in [-0.39, 0.29) is 23.3 Å². The van der Waals surface area contributed by atoms with Gasteiger partial charge in [0.2, 0.25) is 5.82 Å². The van der Waals surface area contributed by atoms with Gasteiger partial charge in [-0.25, -0.2) is 9.97 Å². The zero-order valence-corrected chi connectivity index (χ0v) is 21.6. The van der Waals surface area contributed by atoms with Crippen LogP contribution in [0.4, 0.5) is 5.82 Å². The third kappa shape index (κ3) is 4.67. The Morgan fingerprint density at radius 1 is 1.08 bits per heavy atom. The molecule has 0 radical (unpaired) electrons. The van der Waals surface area contributed by atoms with Crippen LogP contribution in [-0.4, -0.2) is 40.3 Å². The van der Waals surface area contributed by atoms with Crippen LogP contribution in [0.2, 0.25) is 5.02 Å². The predicted molar refractivity (Wildman–Crippen MR) is 142 cm³/mol. The van der Waals surface area contributed by atoms with E-state index >= 15 is 0 Å². The van der Waals surface area contributed by atoms with E-state index in [0.717, 1.165) is 59.2 Å². The number of carbonyl (C=O) groups is 1. The van der Waals surface area contributed by atoms with Crippen LogP contribution in [0.1, 0.15) is 53.3 Å². The largest absolute Gasteiger partial charge is 0.381 e. The molecule has 2 N–H and O–H groups in total. The summed E-state index contributed by atoms with van der Waals surface area (Å²) in [5.74, 6) is 1.23. The fourth-order valence-electron chi connectivity index (χ4n) is 5.09. The van der Waals surface area contributed by atoms with Crippen molar-refractivity contribution in [1.29, 1.82) is 0 Å². The molecule has 0 atom stereocenters. The minimum Gasteiger partial charge on any atom is -0.381 e. The van der Waals surface area contributed by atoms with Crippen molar-refractivity contribution in [1.82, 2.24) is 20.4 Å². The van der Waals surface area contributed by atoms with Gasteiger partial charge in [0.25, 0.3) is 5.91 Å². The normalized spacial score (nSPS) is 17.1. The van der Waals surface area contributed by atoms with Crippen molar-refractivity contribution < 1.29 is 14.1 Å². The Balaban J connectivity index is 1.43. The van der Waals surface area contributed by atoms with Crippen LogP contribution in [0.15, 0.2) is 47.0 Å². The van der Waals surface area contributed by atoms with Gasteiger partial charge in [-0.2, -0.15) is 0 Å². The van der Waals surface area contributed by atoms with Gasteiger partial charge in [0.05, 0.1) is 16.7 Å². The van der Waals surface area contributed by atoms with E-state index in [9.17, 15) is 4.79 Å². The van der Waals surface area contributed by atoms with E-state index in [1.165, 1.54) is 0 Å². The van der Waals surface area contributed by atoms with Crippen molar-refractivity contribution in [2.45, 2.75) is 51.1 Å². The number of carbonyl (C=O) groups excluding carboxylic acids is 1. The van der Waals surface area contributed by atoms with E-state index in [0.29, 0.717) is 29.6 Å². The summed E-state index contributed by atoms with van der Waals surface area (Å²) in [6.45, 7) is 5.11. The number of anilines is 1. The van der Waals surface area contributed by atoms with E-state index in [1.54, 1.807) is 0 Å². The number of benzene rings is 2. The molecular formula is C28H28ClN5O3. The number of halogens is 1. The Labute approximate surface area is 219 Å². The lowest BCUT2D eigenvalue weighted by atomic mass is 10.0. The van der Waals surface area contributed by atoms with E-state index in [2.05, 4.69) is 26.8 Å². The number of nitrogens with one attached hydrogen (secondary N) is 2. The predicted octanol–water partition coefficient (Wildman–Crippen LogP) is 5.57. The molecule has 2 fully saturated rings. The number of aromatic nitrogens is 3. The van der Waals surface area contributed by atoms with Gasteiger partial charge < -0.3 is 19.9 Å². The van der Waals surface area contributed by atoms with Crippen LogP contribution in [0, 0.1) is 13.8 Å². The van der Waals surface area contributed by atoms with E-state index in [1.807, 2.05) is 50.2 Å². The standard InChI is InChI=1S/C28H28ClN5O3/c1-16-24(17(2)37-34-16)18-6-7-23-22(14-18)25(33-28(10-11-28)19-4-3-5-20(29)15-19)32-26(31-23)27(35)30-21-8-12-36-13-9-21/h3-7,14-15,21H,8-13H2,1-2H3,(H,30,35)(H,31,32,33). The number of fused-ring (bicyclic) bond motifs is 1. The molecular weight excluding hydrogens is 490 g/mol. The number of hydrogen-bond acceptors (Lipinski definition) is 7. The van der Waals surface area contributed by atoms with Gasteiger partial charge in [0.15, 0.2) is 0 Å². The van der Waals surface area contributed by atoms with Crippen molar-refractivity contribution in [2.75, 3.05) is 18.5 Å². The summed E-state index contributed by atoms with van der Waals surface area (Å²) in [5.41, 5.74) is 4.22. The molecule has 190 valence electrons. The molecule has 1 saturated heterocycles. The van der Waals surface area contributed by atoms with Crippen LogP contribution < -0.4 is 10.6 Å². The highest BCUT2D eigenvalue weighted by Gasteiger charge is 2.45. The first-order valence-electron chi connectivity index (χ1n) is 12.6. The lowest BCUT2D eigenvalue weighted by Gasteiger charge is -2.23. The zero-order chi connectivity index (χ0) is 25.6. The van der Waals surface area contributed by atoms with Crippen LogP contribution in [0.25, 0.3) is 22.0 Å². The van der Waals surface area contributed by atoms with Gasteiger partial charge in [-0.05, 0) is 74.9 Å². The Hall–Kier alpha value is -3.49. The summed E-state index contributed by atoms with van der Waals surface area (Å²) < 4.78 is 10.8. The van der Waals surface area contributed by atoms with Crippen molar-refractivity contribution in [3.63, 3.8) is 0 Å². The molecule has 2 aromatic carbocycles. The maximum atomic E-state index is 13.2. The maximum absolute atomic E-state index is 13.2. The number of ether oxygens (including phenoxy) is 1. The molecule has 8 nitrogen and oxygen atoms in total. The monoisotopic (exact) mass is 517 g/mol. The summed E-state index contributed by atoms with van der Waals surface area (Å²) in [4.78, 5) is 22.6. The summed E-state index contributed by atoms with van der Waals surface area (Å²) >= 11 is 6.31. The minimum absolute atomic E-state index is 0.0557. The molecule has 1 saturated carbocycles. The molecule has 1 amide bonds. The summed E-state index contributed by atoms with van der Waals surface area (Å²) in [6.07, 6.45) is 3.43. The Kier molecular flexibility index (Phi) is 6.09. The van der Waals surface area contributed by atoms with Crippen LogP contribution >= 0.6 is 11.6 Å². The third-order valence-corrected chi connectivity index (χ3v) is 7.50. The molecule has 2 aromatic heterocycles. The smallest absolute Gasteiger partial charge is 0.289 e. The molecule has 0 bridgehead atoms. The summed E-state index contributed by atoms with van der Waals surface area (Å²) in [5, 5.41) is 12.4. The Bertz CT molecular complexity index is 1470. The molecule has 37 heavy (non-hydrogen) atoms. The number of aryl methyl sites for hydroxylation is 2. The molecule has 3 heterocycles.